The fourth-order valence-electron chi connectivity index (χ4n) is 2.47. The molecule has 0 spiro atoms. The van der Waals surface area contributed by atoms with Crippen molar-refractivity contribution in [1.82, 2.24) is 14.8 Å². The van der Waals surface area contributed by atoms with Gasteiger partial charge in [0.1, 0.15) is 0 Å². The zero-order valence-electron chi connectivity index (χ0n) is 12.8. The topological polar surface area (TPSA) is 36.1 Å². The normalized spacial score (nSPS) is 22.5. The number of nitrogens with one attached hydrogen (secondary N) is 3. The van der Waals surface area contributed by atoms with E-state index in [0.717, 1.165) is 0 Å². The van der Waals surface area contributed by atoms with Crippen molar-refractivity contribution in [2.75, 3.05) is 0 Å². The number of hydrogen-bond donors (Lipinski definition) is 3. The van der Waals surface area contributed by atoms with Crippen LogP contribution in [-0.2, 0) is 0 Å². The average Bonchev–Trinajstić information content (AvgIpc) is 2.62. The van der Waals surface area contributed by atoms with Crippen LogP contribution in [0.3, 0.4) is 0 Å². The summed E-state index contributed by atoms with van der Waals surface area (Å²) >= 11 is 1.54. The van der Waals surface area contributed by atoms with E-state index in [-0.39, 0.29) is 12.3 Å². The van der Waals surface area contributed by atoms with Gasteiger partial charge < -0.3 is 0 Å². The average molecular weight is 311 g/mol. The van der Waals surface area contributed by atoms with Gasteiger partial charge in [-0.05, 0) is 36.1 Å². The molecule has 22 heavy (non-hydrogen) atoms. The zero-order chi connectivity index (χ0) is 15.4. The molecule has 1 saturated heterocycles. The zero-order valence-corrected chi connectivity index (χ0v) is 13.7. The van der Waals surface area contributed by atoms with Gasteiger partial charge >= 0.3 is 0 Å². The maximum Gasteiger partial charge on any atom is 0.0953 e. The molecule has 2 aromatic rings. The Balaban J connectivity index is 1.75. The van der Waals surface area contributed by atoms with Crippen LogP contribution >= 0.6 is 12.1 Å². The Hall–Kier alpha value is -1.59. The van der Waals surface area contributed by atoms with E-state index in [1.807, 2.05) is 6.07 Å². The molecule has 0 bridgehead atoms. The summed E-state index contributed by atoms with van der Waals surface area (Å²) in [7, 11) is 0. The van der Waals surface area contributed by atoms with Crippen molar-refractivity contribution in [3.8, 4) is 0 Å². The highest BCUT2D eigenvalue weighted by Gasteiger charge is 2.22. The predicted molar refractivity (Wildman–Crippen MR) is 94.7 cm³/mol. The fraction of sp³-hybridized carbons (Fsp3) is 0.222. The van der Waals surface area contributed by atoms with Gasteiger partial charge in [0, 0.05) is 12.1 Å². The molecule has 0 amide bonds. The van der Waals surface area contributed by atoms with Crippen LogP contribution in [0.4, 0.5) is 0 Å². The van der Waals surface area contributed by atoms with Gasteiger partial charge in [-0.1, -0.05) is 60.7 Å². The van der Waals surface area contributed by atoms with Crippen molar-refractivity contribution in [2.24, 2.45) is 0 Å². The van der Waals surface area contributed by atoms with Gasteiger partial charge in [-0.3, -0.25) is 5.32 Å². The number of allylic oxidation sites excluding steroid dienone is 2. The van der Waals surface area contributed by atoms with Crippen LogP contribution in [0, 0.1) is 0 Å². The SMILES string of the molecule is C/C=C(/C)c1ccc(C2NSNC(c3ccccc3)N2)cc1. The van der Waals surface area contributed by atoms with Crippen molar-refractivity contribution >= 4 is 17.7 Å². The molecule has 0 aliphatic carbocycles. The molecular formula is C18H21N3S. The Kier molecular flexibility index (Phi) is 4.95. The van der Waals surface area contributed by atoms with Gasteiger partial charge in [-0.15, -0.1) is 0 Å². The van der Waals surface area contributed by atoms with E-state index >= 15 is 0 Å². The van der Waals surface area contributed by atoms with E-state index < -0.39 is 0 Å². The molecular weight excluding hydrogens is 290 g/mol. The molecule has 4 heteroatoms. The van der Waals surface area contributed by atoms with Crippen molar-refractivity contribution in [1.29, 1.82) is 0 Å². The first-order valence-electron chi connectivity index (χ1n) is 7.49. The van der Waals surface area contributed by atoms with Crippen molar-refractivity contribution in [3.63, 3.8) is 0 Å². The van der Waals surface area contributed by atoms with Gasteiger partial charge in [-0.2, -0.15) is 0 Å². The summed E-state index contributed by atoms with van der Waals surface area (Å²) in [5.74, 6) is 0. The first-order valence-corrected chi connectivity index (χ1v) is 8.30. The molecule has 3 N–H and O–H groups in total. The quantitative estimate of drug-likeness (QED) is 0.744. The lowest BCUT2D eigenvalue weighted by Crippen LogP contribution is -2.45. The molecule has 2 atom stereocenters. The third-order valence-corrected chi connectivity index (χ3v) is 4.66. The van der Waals surface area contributed by atoms with Crippen LogP contribution in [0.1, 0.15) is 42.9 Å². The molecule has 1 aliphatic rings. The second-order valence-corrected chi connectivity index (χ2v) is 6.05. The molecule has 1 fully saturated rings. The van der Waals surface area contributed by atoms with Crippen LogP contribution in [0.5, 0.6) is 0 Å². The molecule has 1 heterocycles. The van der Waals surface area contributed by atoms with Crippen molar-refractivity contribution in [2.45, 2.75) is 26.2 Å². The Bertz CT molecular complexity index is 637. The minimum absolute atomic E-state index is 0.122. The van der Waals surface area contributed by atoms with Crippen LogP contribution < -0.4 is 14.8 Å². The smallest absolute Gasteiger partial charge is 0.0953 e. The largest absolute Gasteiger partial charge is 0.277 e. The molecule has 2 aromatic carbocycles. The minimum Gasteiger partial charge on any atom is -0.277 e. The fourth-order valence-corrected chi connectivity index (χ4v) is 3.18. The van der Waals surface area contributed by atoms with Gasteiger partial charge in [0.15, 0.2) is 0 Å². The van der Waals surface area contributed by atoms with E-state index in [2.05, 4.69) is 83.2 Å². The summed E-state index contributed by atoms with van der Waals surface area (Å²) in [6, 6.07) is 19.2. The summed E-state index contributed by atoms with van der Waals surface area (Å²) in [6.45, 7) is 4.21. The molecule has 0 saturated carbocycles. The van der Waals surface area contributed by atoms with Crippen LogP contribution in [0.2, 0.25) is 0 Å². The summed E-state index contributed by atoms with van der Waals surface area (Å²) in [5.41, 5.74) is 5.05. The number of benzene rings is 2. The molecule has 0 aromatic heterocycles. The van der Waals surface area contributed by atoms with Crippen LogP contribution in [0.15, 0.2) is 60.7 Å². The molecule has 1 aliphatic heterocycles. The number of rotatable bonds is 3. The Labute approximate surface area is 136 Å². The van der Waals surface area contributed by atoms with E-state index in [4.69, 9.17) is 0 Å². The highest BCUT2D eigenvalue weighted by molar-refractivity contribution is 7.95. The molecule has 3 nitrogen and oxygen atoms in total. The standard InChI is InChI=1S/C18H21N3S/c1-3-13(2)14-9-11-16(12-10-14)18-19-17(20-22-21-18)15-7-5-4-6-8-15/h3-12,17-21H,1-2H3/b13-3-. The highest BCUT2D eigenvalue weighted by atomic mass is 32.2. The van der Waals surface area contributed by atoms with E-state index in [1.54, 1.807) is 12.1 Å². The third-order valence-electron chi connectivity index (χ3n) is 3.95. The lowest BCUT2D eigenvalue weighted by atomic mass is 10.0. The molecule has 114 valence electrons. The maximum absolute atomic E-state index is 3.59. The van der Waals surface area contributed by atoms with Gasteiger partial charge in [0.2, 0.25) is 0 Å². The van der Waals surface area contributed by atoms with E-state index in [1.165, 1.54) is 22.3 Å². The first kappa shape index (κ1) is 15.3. The lowest BCUT2D eigenvalue weighted by Gasteiger charge is -2.32. The maximum atomic E-state index is 3.59. The monoisotopic (exact) mass is 311 g/mol. The third kappa shape index (κ3) is 3.42. The summed E-state index contributed by atoms with van der Waals surface area (Å²) in [4.78, 5) is 0. The second kappa shape index (κ2) is 7.11. The lowest BCUT2D eigenvalue weighted by molar-refractivity contribution is 0.402. The molecule has 0 radical (unpaired) electrons. The van der Waals surface area contributed by atoms with Gasteiger partial charge in [-0.25, -0.2) is 9.44 Å². The Morgan fingerprint density at radius 2 is 1.50 bits per heavy atom. The summed E-state index contributed by atoms with van der Waals surface area (Å²) < 4.78 is 6.74. The van der Waals surface area contributed by atoms with Gasteiger partial charge in [0.05, 0.1) is 12.3 Å². The molecule has 2 unspecified atom stereocenters. The second-order valence-electron chi connectivity index (χ2n) is 5.37. The van der Waals surface area contributed by atoms with Gasteiger partial charge in [0.25, 0.3) is 0 Å². The van der Waals surface area contributed by atoms with Crippen LogP contribution in [0.25, 0.3) is 5.57 Å². The van der Waals surface area contributed by atoms with E-state index in [9.17, 15) is 0 Å². The Morgan fingerprint density at radius 3 is 2.09 bits per heavy atom. The van der Waals surface area contributed by atoms with Crippen molar-refractivity contribution < 1.29 is 0 Å². The van der Waals surface area contributed by atoms with Crippen molar-refractivity contribution in [3.05, 3.63) is 77.4 Å². The Morgan fingerprint density at radius 1 is 0.909 bits per heavy atom. The van der Waals surface area contributed by atoms with Crippen LogP contribution in [-0.4, -0.2) is 0 Å². The minimum atomic E-state index is 0.122. The summed E-state index contributed by atoms with van der Waals surface area (Å²) in [5, 5.41) is 3.59. The van der Waals surface area contributed by atoms with E-state index in [0.29, 0.717) is 0 Å². The first-order chi connectivity index (χ1) is 10.8. The predicted octanol–water partition coefficient (Wildman–Crippen LogP) is 4.15. The highest BCUT2D eigenvalue weighted by Crippen LogP contribution is 2.24. The molecule has 3 rings (SSSR count). The number of hydrogen-bond acceptors (Lipinski definition) is 4. The summed E-state index contributed by atoms with van der Waals surface area (Å²) in [6.07, 6.45) is 2.39.